The number of para-hydroxylation sites is 1. The molecule has 2 heterocycles. The van der Waals surface area contributed by atoms with Gasteiger partial charge in [-0.25, -0.2) is 4.79 Å². The average molecular weight is 402 g/mol. The predicted molar refractivity (Wildman–Crippen MR) is 117 cm³/mol. The molecule has 146 valence electrons. The second kappa shape index (κ2) is 6.28. The van der Waals surface area contributed by atoms with E-state index < -0.39 is 11.5 Å². The lowest BCUT2D eigenvalue weighted by Gasteiger charge is -2.28. The van der Waals surface area contributed by atoms with Crippen molar-refractivity contribution in [3.63, 3.8) is 0 Å². The second-order valence-corrected chi connectivity index (χ2v) is 7.63. The Bertz CT molecular complexity index is 1550. The molecule has 5 nitrogen and oxygen atoms in total. The van der Waals surface area contributed by atoms with E-state index in [9.17, 15) is 14.9 Å². The average Bonchev–Trinajstić information content (AvgIpc) is 3.10. The Labute approximate surface area is 176 Å². The molecule has 0 bridgehead atoms. The van der Waals surface area contributed by atoms with E-state index in [4.69, 9.17) is 4.42 Å². The molecule has 0 radical (unpaired) electrons. The van der Waals surface area contributed by atoms with Crippen molar-refractivity contribution in [1.82, 2.24) is 0 Å². The van der Waals surface area contributed by atoms with Crippen LogP contribution in [-0.4, -0.2) is 5.78 Å². The Morgan fingerprint density at radius 2 is 1.58 bits per heavy atom. The molecule has 1 N–H and O–H groups in total. The molecule has 31 heavy (non-hydrogen) atoms. The SMILES string of the molecule is N#Cc1ccc(C2C3=C(Nc4c2c(=O)oc2ccccc42)c2ccccc2C3=O)cc1. The fraction of sp³-hybridized carbons (Fsp3) is 0.0385. The topological polar surface area (TPSA) is 83.1 Å². The standard InChI is InChI=1S/C26H14N2O3/c27-13-14-9-11-15(12-10-14)20-21-23(16-5-1-2-6-17(16)25(21)29)28-24-18-7-3-4-8-19(18)31-26(30)22(20)24/h1-12,20,28H. The van der Waals surface area contributed by atoms with Gasteiger partial charge in [-0.3, -0.25) is 4.79 Å². The number of nitrogens with zero attached hydrogens (tertiary/aromatic N) is 1. The lowest BCUT2D eigenvalue weighted by atomic mass is 9.80. The van der Waals surface area contributed by atoms with Crippen molar-refractivity contribution in [2.75, 3.05) is 5.32 Å². The first kappa shape index (κ1) is 17.4. The van der Waals surface area contributed by atoms with Crippen molar-refractivity contribution >= 4 is 28.1 Å². The van der Waals surface area contributed by atoms with Gasteiger partial charge in [0.1, 0.15) is 5.58 Å². The number of nitriles is 1. The summed E-state index contributed by atoms with van der Waals surface area (Å²) in [5.41, 5.74) is 5.03. The highest BCUT2D eigenvalue weighted by atomic mass is 16.4. The highest BCUT2D eigenvalue weighted by molar-refractivity contribution is 6.24. The molecule has 1 aliphatic carbocycles. The number of anilines is 1. The number of hydrogen-bond donors (Lipinski definition) is 1. The van der Waals surface area contributed by atoms with Crippen LogP contribution in [0.3, 0.4) is 0 Å². The fourth-order valence-electron chi connectivity index (χ4n) is 4.63. The maximum atomic E-state index is 13.4. The lowest BCUT2D eigenvalue weighted by Crippen LogP contribution is -2.25. The largest absolute Gasteiger partial charge is 0.422 e. The molecule has 0 amide bonds. The summed E-state index contributed by atoms with van der Waals surface area (Å²) in [5, 5.41) is 13.4. The summed E-state index contributed by atoms with van der Waals surface area (Å²) in [5.74, 6) is -0.703. The van der Waals surface area contributed by atoms with Gasteiger partial charge >= 0.3 is 5.63 Å². The minimum Gasteiger partial charge on any atom is -0.422 e. The van der Waals surface area contributed by atoms with Gasteiger partial charge in [0.15, 0.2) is 5.78 Å². The second-order valence-electron chi connectivity index (χ2n) is 7.63. The number of rotatable bonds is 1. The molecule has 4 aromatic rings. The Morgan fingerprint density at radius 1 is 0.871 bits per heavy atom. The van der Waals surface area contributed by atoms with E-state index in [1.807, 2.05) is 36.4 Å². The number of Topliss-reactive ketones (excluding diaryl/α,β-unsaturated/α-hetero) is 1. The predicted octanol–water partition coefficient (Wildman–Crippen LogP) is 4.83. The Morgan fingerprint density at radius 3 is 2.35 bits per heavy atom. The zero-order chi connectivity index (χ0) is 21.1. The van der Waals surface area contributed by atoms with Crippen LogP contribution >= 0.6 is 0 Å². The molecule has 1 atom stereocenters. The van der Waals surface area contributed by atoms with Gasteiger partial charge in [0.2, 0.25) is 0 Å². The number of benzene rings is 3. The summed E-state index contributed by atoms with van der Waals surface area (Å²) in [7, 11) is 0. The normalized spacial score (nSPS) is 16.4. The van der Waals surface area contributed by atoms with Crippen LogP contribution in [0.25, 0.3) is 16.7 Å². The van der Waals surface area contributed by atoms with Gasteiger partial charge < -0.3 is 9.73 Å². The molecule has 0 saturated carbocycles. The van der Waals surface area contributed by atoms with Crippen LogP contribution in [0.15, 0.2) is 87.6 Å². The number of carbonyl (C=O) groups excluding carboxylic acids is 1. The van der Waals surface area contributed by atoms with E-state index in [0.717, 1.165) is 22.2 Å². The van der Waals surface area contributed by atoms with E-state index in [1.54, 1.807) is 36.4 Å². The van der Waals surface area contributed by atoms with Gasteiger partial charge in [-0.1, -0.05) is 48.5 Å². The van der Waals surface area contributed by atoms with Crippen molar-refractivity contribution in [3.8, 4) is 6.07 Å². The van der Waals surface area contributed by atoms with Gasteiger partial charge in [-0.05, 0) is 29.8 Å². The maximum absolute atomic E-state index is 13.4. The third kappa shape index (κ3) is 2.36. The van der Waals surface area contributed by atoms with Crippen LogP contribution in [-0.2, 0) is 0 Å². The van der Waals surface area contributed by atoms with Crippen molar-refractivity contribution < 1.29 is 9.21 Å². The van der Waals surface area contributed by atoms with Crippen molar-refractivity contribution in [2.45, 2.75) is 5.92 Å². The molecule has 0 fully saturated rings. The van der Waals surface area contributed by atoms with Crippen molar-refractivity contribution in [3.05, 3.63) is 117 Å². The molecule has 3 aromatic carbocycles. The maximum Gasteiger partial charge on any atom is 0.342 e. The highest BCUT2D eigenvalue weighted by Gasteiger charge is 2.42. The summed E-state index contributed by atoms with van der Waals surface area (Å²) in [6.45, 7) is 0. The van der Waals surface area contributed by atoms with Crippen LogP contribution in [0.4, 0.5) is 5.69 Å². The van der Waals surface area contributed by atoms with Crippen LogP contribution in [0.1, 0.15) is 38.5 Å². The zero-order valence-electron chi connectivity index (χ0n) is 16.2. The van der Waals surface area contributed by atoms with E-state index >= 15 is 0 Å². The Kier molecular flexibility index (Phi) is 3.53. The molecule has 0 saturated heterocycles. The van der Waals surface area contributed by atoms with Gasteiger partial charge in [0.05, 0.1) is 28.6 Å². The first-order valence-corrected chi connectivity index (χ1v) is 9.88. The van der Waals surface area contributed by atoms with E-state index in [2.05, 4.69) is 11.4 Å². The molecular weight excluding hydrogens is 388 g/mol. The smallest absolute Gasteiger partial charge is 0.342 e. The molecule has 5 heteroatoms. The fourth-order valence-corrected chi connectivity index (χ4v) is 4.63. The lowest BCUT2D eigenvalue weighted by molar-refractivity contribution is 0.103. The van der Waals surface area contributed by atoms with Crippen LogP contribution < -0.4 is 10.9 Å². The van der Waals surface area contributed by atoms with Gasteiger partial charge in [0.25, 0.3) is 0 Å². The molecule has 2 aliphatic rings. The third-order valence-electron chi connectivity index (χ3n) is 6.00. The number of ketones is 1. The Balaban J connectivity index is 1.70. The van der Waals surface area contributed by atoms with Gasteiger partial charge in [-0.15, -0.1) is 0 Å². The molecule has 1 aliphatic heterocycles. The number of hydrogen-bond acceptors (Lipinski definition) is 5. The Hall–Kier alpha value is -4.43. The van der Waals surface area contributed by atoms with Crippen molar-refractivity contribution in [2.24, 2.45) is 0 Å². The number of allylic oxidation sites excluding steroid dienone is 1. The van der Waals surface area contributed by atoms with E-state index in [1.165, 1.54) is 0 Å². The molecule has 0 spiro atoms. The highest BCUT2D eigenvalue weighted by Crippen LogP contribution is 2.49. The molecule has 1 aromatic heterocycles. The van der Waals surface area contributed by atoms with E-state index in [0.29, 0.717) is 33.5 Å². The number of nitrogens with one attached hydrogen (secondary N) is 1. The number of carbonyl (C=O) groups is 1. The minimum atomic E-state index is -0.597. The summed E-state index contributed by atoms with van der Waals surface area (Å²) in [6.07, 6.45) is 0. The molecular formula is C26H14N2O3. The van der Waals surface area contributed by atoms with E-state index in [-0.39, 0.29) is 5.78 Å². The molecule has 6 rings (SSSR count). The van der Waals surface area contributed by atoms with Crippen LogP contribution in [0.5, 0.6) is 0 Å². The third-order valence-corrected chi connectivity index (χ3v) is 6.00. The monoisotopic (exact) mass is 402 g/mol. The quantitative estimate of drug-likeness (QED) is 0.461. The zero-order valence-corrected chi connectivity index (χ0v) is 16.2. The summed E-state index contributed by atoms with van der Waals surface area (Å²) < 4.78 is 5.64. The van der Waals surface area contributed by atoms with Crippen molar-refractivity contribution in [1.29, 1.82) is 5.26 Å². The summed E-state index contributed by atoms with van der Waals surface area (Å²) >= 11 is 0. The summed E-state index contributed by atoms with van der Waals surface area (Å²) in [4.78, 5) is 26.6. The van der Waals surface area contributed by atoms with Crippen LogP contribution in [0.2, 0.25) is 0 Å². The molecule has 1 unspecified atom stereocenters. The van der Waals surface area contributed by atoms with Crippen LogP contribution in [0, 0.1) is 11.3 Å². The van der Waals surface area contributed by atoms with Gasteiger partial charge in [0, 0.05) is 28.0 Å². The summed E-state index contributed by atoms with van der Waals surface area (Å²) in [6, 6.07) is 23.9. The minimum absolute atomic E-state index is 0.106. The first-order valence-electron chi connectivity index (χ1n) is 9.88. The first-order chi connectivity index (χ1) is 15.2. The number of fused-ring (bicyclic) bond motifs is 5. The van der Waals surface area contributed by atoms with Gasteiger partial charge in [-0.2, -0.15) is 5.26 Å².